The van der Waals surface area contributed by atoms with Gasteiger partial charge >= 0.3 is 6.18 Å². The molecule has 1 fully saturated rings. The van der Waals surface area contributed by atoms with Crippen LogP contribution in [0, 0.1) is 5.82 Å². The van der Waals surface area contributed by atoms with Gasteiger partial charge in [-0.15, -0.1) is 10.2 Å². The molecule has 0 bridgehead atoms. The zero-order valence-corrected chi connectivity index (χ0v) is 19.6. The van der Waals surface area contributed by atoms with Crippen molar-refractivity contribution < 1.29 is 26.8 Å². The maximum atomic E-state index is 13.4. The van der Waals surface area contributed by atoms with Crippen LogP contribution in [0.4, 0.5) is 28.9 Å². The van der Waals surface area contributed by atoms with E-state index in [4.69, 9.17) is 4.42 Å². The van der Waals surface area contributed by atoms with Crippen LogP contribution in [0.1, 0.15) is 12.5 Å². The molecular weight excluding hydrogens is 486 g/mol. The second kappa shape index (κ2) is 10.6. The Bertz CT molecular complexity index is 1180. The summed E-state index contributed by atoms with van der Waals surface area (Å²) in [6.07, 6.45) is -4.54. The molecule has 35 heavy (non-hydrogen) atoms. The van der Waals surface area contributed by atoms with E-state index in [-0.39, 0.29) is 22.6 Å². The van der Waals surface area contributed by atoms with Gasteiger partial charge in [0.15, 0.2) is 0 Å². The number of aromatic nitrogens is 2. The van der Waals surface area contributed by atoms with Crippen molar-refractivity contribution in [2.45, 2.75) is 18.3 Å². The monoisotopic (exact) mass is 509 g/mol. The van der Waals surface area contributed by atoms with E-state index in [1.165, 1.54) is 24.3 Å². The van der Waals surface area contributed by atoms with Gasteiger partial charge in [0.2, 0.25) is 11.8 Å². The average Bonchev–Trinajstić information content (AvgIpc) is 3.31. The summed E-state index contributed by atoms with van der Waals surface area (Å²) in [4.78, 5) is 16.8. The standard InChI is InChI=1S/C23H23F4N5O2S/c1-2-31-8-10-32(11-9-31)19-7-6-16(23(25,26)27)13-18(19)28-20(33)14-35-22-30-29-21(34-22)15-4-3-5-17(24)12-15/h3-7,12-13H,2,8-11,14H2,1H3,(H,28,33). The normalized spacial score (nSPS) is 14.8. The lowest BCUT2D eigenvalue weighted by atomic mass is 10.1. The molecule has 1 aromatic heterocycles. The molecule has 1 N–H and O–H groups in total. The summed E-state index contributed by atoms with van der Waals surface area (Å²) in [6.45, 7) is 5.81. The van der Waals surface area contributed by atoms with E-state index in [0.29, 0.717) is 24.3 Å². The number of amides is 1. The molecule has 12 heteroatoms. The summed E-state index contributed by atoms with van der Waals surface area (Å²) in [5.74, 6) is -1.04. The van der Waals surface area contributed by atoms with Gasteiger partial charge in [0.1, 0.15) is 5.82 Å². The predicted octanol–water partition coefficient (Wildman–Crippen LogP) is 4.77. The average molecular weight is 510 g/mol. The number of nitrogens with one attached hydrogen (secondary N) is 1. The van der Waals surface area contributed by atoms with Gasteiger partial charge in [-0.1, -0.05) is 24.8 Å². The Kier molecular flexibility index (Phi) is 7.60. The maximum Gasteiger partial charge on any atom is 0.416 e. The number of thioether (sulfide) groups is 1. The number of hydrogen-bond acceptors (Lipinski definition) is 7. The van der Waals surface area contributed by atoms with Crippen molar-refractivity contribution in [2.24, 2.45) is 0 Å². The number of hydrogen-bond donors (Lipinski definition) is 1. The largest absolute Gasteiger partial charge is 0.416 e. The van der Waals surface area contributed by atoms with Crippen molar-refractivity contribution in [3.05, 3.63) is 53.8 Å². The van der Waals surface area contributed by atoms with E-state index >= 15 is 0 Å². The van der Waals surface area contributed by atoms with E-state index in [9.17, 15) is 22.4 Å². The van der Waals surface area contributed by atoms with Gasteiger partial charge in [0.05, 0.1) is 22.7 Å². The highest BCUT2D eigenvalue weighted by Gasteiger charge is 2.32. The zero-order chi connectivity index (χ0) is 25.0. The van der Waals surface area contributed by atoms with Crippen LogP contribution in [0.3, 0.4) is 0 Å². The topological polar surface area (TPSA) is 74.5 Å². The number of benzene rings is 2. The van der Waals surface area contributed by atoms with E-state index in [2.05, 4.69) is 27.3 Å². The molecule has 0 radical (unpaired) electrons. The number of carbonyl (C=O) groups excluding carboxylic acids is 1. The highest BCUT2D eigenvalue weighted by atomic mass is 32.2. The fourth-order valence-electron chi connectivity index (χ4n) is 3.71. The molecule has 0 aliphatic carbocycles. The molecule has 186 valence electrons. The predicted molar refractivity (Wildman–Crippen MR) is 125 cm³/mol. The summed E-state index contributed by atoms with van der Waals surface area (Å²) >= 11 is 0.933. The van der Waals surface area contributed by atoms with Crippen LogP contribution in [0.25, 0.3) is 11.5 Å². The number of carbonyl (C=O) groups is 1. The highest BCUT2D eigenvalue weighted by molar-refractivity contribution is 7.99. The Morgan fingerprint density at radius 1 is 1.11 bits per heavy atom. The van der Waals surface area contributed by atoms with E-state index in [1.54, 1.807) is 6.07 Å². The Balaban J connectivity index is 1.45. The number of alkyl halides is 3. The van der Waals surface area contributed by atoms with Gasteiger partial charge in [-0.05, 0) is 42.9 Å². The molecule has 0 atom stereocenters. The molecule has 2 heterocycles. The lowest BCUT2D eigenvalue weighted by Crippen LogP contribution is -2.46. The minimum Gasteiger partial charge on any atom is -0.411 e. The second-order valence-electron chi connectivity index (χ2n) is 7.87. The van der Waals surface area contributed by atoms with Gasteiger partial charge in [0.25, 0.3) is 5.22 Å². The van der Waals surface area contributed by atoms with Crippen LogP contribution in [-0.2, 0) is 11.0 Å². The third-order valence-corrected chi connectivity index (χ3v) is 6.38. The first kappa shape index (κ1) is 25.0. The Morgan fingerprint density at radius 2 is 1.89 bits per heavy atom. The first-order valence-electron chi connectivity index (χ1n) is 10.9. The number of anilines is 2. The van der Waals surface area contributed by atoms with Gasteiger partial charge < -0.3 is 19.5 Å². The lowest BCUT2D eigenvalue weighted by molar-refractivity contribution is -0.137. The SMILES string of the molecule is CCN1CCN(c2ccc(C(F)(F)F)cc2NC(=O)CSc2nnc(-c3cccc(F)c3)o2)CC1. The number of halogens is 4. The Hall–Kier alpha value is -3.12. The molecule has 0 saturated carbocycles. The first-order chi connectivity index (χ1) is 16.7. The molecule has 1 aliphatic heterocycles. The van der Waals surface area contributed by atoms with Crippen molar-refractivity contribution in [1.29, 1.82) is 0 Å². The molecule has 7 nitrogen and oxygen atoms in total. The van der Waals surface area contributed by atoms with Crippen LogP contribution >= 0.6 is 11.8 Å². The number of piperazine rings is 1. The molecule has 0 unspecified atom stereocenters. The van der Waals surface area contributed by atoms with Crippen molar-refractivity contribution in [1.82, 2.24) is 15.1 Å². The summed E-state index contributed by atoms with van der Waals surface area (Å²) in [5.41, 5.74) is 0.193. The highest BCUT2D eigenvalue weighted by Crippen LogP contribution is 2.36. The van der Waals surface area contributed by atoms with Crippen LogP contribution in [-0.4, -0.2) is 59.5 Å². The molecule has 2 aromatic carbocycles. The quantitative estimate of drug-likeness (QED) is 0.363. The fraction of sp³-hybridized carbons (Fsp3) is 0.348. The smallest absolute Gasteiger partial charge is 0.411 e. The first-order valence-corrected chi connectivity index (χ1v) is 11.9. The van der Waals surface area contributed by atoms with Crippen LogP contribution < -0.4 is 10.2 Å². The maximum absolute atomic E-state index is 13.4. The van der Waals surface area contributed by atoms with E-state index in [1.807, 2.05) is 4.90 Å². The summed E-state index contributed by atoms with van der Waals surface area (Å²) < 4.78 is 58.8. The molecule has 4 rings (SSSR count). The number of nitrogens with zero attached hydrogens (tertiary/aromatic N) is 4. The van der Waals surface area contributed by atoms with Gasteiger partial charge in [0, 0.05) is 31.7 Å². The third kappa shape index (κ3) is 6.31. The van der Waals surface area contributed by atoms with Crippen molar-refractivity contribution in [3.63, 3.8) is 0 Å². The number of likely N-dealkylation sites (N-methyl/N-ethyl adjacent to an activating group) is 1. The van der Waals surface area contributed by atoms with Gasteiger partial charge in [-0.2, -0.15) is 13.2 Å². The number of rotatable bonds is 7. The molecule has 1 amide bonds. The third-order valence-electron chi connectivity index (χ3n) is 5.56. The summed E-state index contributed by atoms with van der Waals surface area (Å²) in [5, 5.41) is 10.4. The molecule has 3 aromatic rings. The zero-order valence-electron chi connectivity index (χ0n) is 18.8. The molecule has 1 aliphatic rings. The van der Waals surface area contributed by atoms with E-state index < -0.39 is 23.5 Å². The Morgan fingerprint density at radius 3 is 2.57 bits per heavy atom. The molecule has 0 spiro atoms. The fourth-order valence-corrected chi connectivity index (χ4v) is 4.28. The second-order valence-corrected chi connectivity index (χ2v) is 8.80. The van der Waals surface area contributed by atoms with Gasteiger partial charge in [-0.25, -0.2) is 4.39 Å². The van der Waals surface area contributed by atoms with Gasteiger partial charge in [-0.3, -0.25) is 4.79 Å². The summed E-state index contributed by atoms with van der Waals surface area (Å²) in [7, 11) is 0. The van der Waals surface area contributed by atoms with E-state index in [0.717, 1.165) is 43.5 Å². The van der Waals surface area contributed by atoms with Crippen LogP contribution in [0.5, 0.6) is 0 Å². The molecule has 1 saturated heterocycles. The van der Waals surface area contributed by atoms with Crippen molar-refractivity contribution in [3.8, 4) is 11.5 Å². The Labute approximate surface area is 203 Å². The van der Waals surface area contributed by atoms with Crippen molar-refractivity contribution >= 4 is 29.0 Å². The minimum absolute atomic E-state index is 0.0827. The lowest BCUT2D eigenvalue weighted by Gasteiger charge is -2.36. The minimum atomic E-state index is -4.54. The van der Waals surface area contributed by atoms with Crippen LogP contribution in [0.2, 0.25) is 0 Å². The summed E-state index contributed by atoms with van der Waals surface area (Å²) in [6, 6.07) is 9.01. The van der Waals surface area contributed by atoms with Crippen molar-refractivity contribution in [2.75, 3.05) is 48.7 Å². The molecular formula is C23H23F4N5O2S. The van der Waals surface area contributed by atoms with Crippen LogP contribution in [0.15, 0.2) is 52.1 Å².